The highest BCUT2D eigenvalue weighted by atomic mass is 32.2. The molecule has 1 unspecified atom stereocenters. The summed E-state index contributed by atoms with van der Waals surface area (Å²) in [6, 6.07) is 1.10. The maximum Gasteiger partial charge on any atom is 0.326 e. The van der Waals surface area contributed by atoms with Crippen molar-refractivity contribution >= 4 is 21.9 Å². The molecule has 0 saturated heterocycles. The molecule has 8 nitrogen and oxygen atoms in total. The molecule has 1 atom stereocenters. The van der Waals surface area contributed by atoms with Crippen LogP contribution < -0.4 is 10.5 Å². The lowest BCUT2D eigenvalue weighted by atomic mass is 10.1. The second-order valence-corrected chi connectivity index (χ2v) is 5.66. The summed E-state index contributed by atoms with van der Waals surface area (Å²) in [5.41, 5.74) is 0. The summed E-state index contributed by atoms with van der Waals surface area (Å²) in [5, 5.41) is 15.5. The van der Waals surface area contributed by atoms with Gasteiger partial charge in [-0.15, -0.1) is 0 Å². The van der Waals surface area contributed by atoms with E-state index in [0.29, 0.717) is 6.42 Å². The number of carbonyl (C=O) groups is 2. The Morgan fingerprint density at radius 3 is 2.55 bits per heavy atom. The van der Waals surface area contributed by atoms with Crippen molar-refractivity contribution in [1.29, 1.82) is 0 Å². The first-order valence-corrected chi connectivity index (χ1v) is 7.46. The Bertz CT molecular complexity index is 592. The van der Waals surface area contributed by atoms with Gasteiger partial charge in [0.2, 0.25) is 5.09 Å². The summed E-state index contributed by atoms with van der Waals surface area (Å²) in [5.74, 6) is -2.27. The van der Waals surface area contributed by atoms with Crippen LogP contribution in [0.15, 0.2) is 21.6 Å². The van der Waals surface area contributed by atoms with E-state index >= 15 is 0 Å². The van der Waals surface area contributed by atoms with Gasteiger partial charge in [0.15, 0.2) is 5.76 Å². The van der Waals surface area contributed by atoms with Crippen molar-refractivity contribution in [2.45, 2.75) is 37.3 Å². The maximum absolute atomic E-state index is 11.8. The van der Waals surface area contributed by atoms with E-state index in [2.05, 4.69) is 5.32 Å². The Morgan fingerprint density at radius 2 is 2.10 bits per heavy atom. The molecule has 1 heterocycles. The molecule has 20 heavy (non-hydrogen) atoms. The Balaban J connectivity index is 2.79. The molecule has 0 aliphatic rings. The van der Waals surface area contributed by atoms with Crippen LogP contribution in [0.4, 0.5) is 0 Å². The Labute approximate surface area is 116 Å². The molecule has 0 fully saturated rings. The third kappa shape index (κ3) is 4.35. The number of sulfonamides is 1. The number of nitrogens with two attached hydrogens (primary N) is 1. The highest BCUT2D eigenvalue weighted by Crippen LogP contribution is 2.12. The molecule has 0 radical (unpaired) electrons. The van der Waals surface area contributed by atoms with Crippen molar-refractivity contribution in [3.05, 3.63) is 17.9 Å². The van der Waals surface area contributed by atoms with Gasteiger partial charge in [-0.2, -0.15) is 0 Å². The van der Waals surface area contributed by atoms with Crippen molar-refractivity contribution in [3.63, 3.8) is 0 Å². The average molecular weight is 304 g/mol. The van der Waals surface area contributed by atoms with Crippen LogP contribution >= 0.6 is 0 Å². The molecule has 1 aromatic heterocycles. The summed E-state index contributed by atoms with van der Waals surface area (Å²) in [6.07, 6.45) is 1.70. The molecular weight excluding hydrogens is 288 g/mol. The topological polar surface area (TPSA) is 140 Å². The van der Waals surface area contributed by atoms with E-state index in [0.717, 1.165) is 18.6 Å². The summed E-state index contributed by atoms with van der Waals surface area (Å²) in [7, 11) is -4.04. The number of primary sulfonamides is 1. The first-order valence-electron chi connectivity index (χ1n) is 5.92. The molecule has 4 N–H and O–H groups in total. The second-order valence-electron chi connectivity index (χ2n) is 4.17. The van der Waals surface area contributed by atoms with Gasteiger partial charge in [0.1, 0.15) is 6.04 Å². The number of carboxylic acid groups (broad SMARTS) is 1. The highest BCUT2D eigenvalue weighted by Gasteiger charge is 2.23. The molecule has 0 aliphatic heterocycles. The fraction of sp³-hybridized carbons (Fsp3) is 0.455. The van der Waals surface area contributed by atoms with Crippen molar-refractivity contribution in [3.8, 4) is 0 Å². The summed E-state index contributed by atoms with van der Waals surface area (Å²) in [6.45, 7) is 1.89. The van der Waals surface area contributed by atoms with Gasteiger partial charge in [-0.1, -0.05) is 19.8 Å². The van der Waals surface area contributed by atoms with Crippen molar-refractivity contribution in [1.82, 2.24) is 5.32 Å². The number of hydrogen-bond acceptors (Lipinski definition) is 5. The lowest BCUT2D eigenvalue weighted by Crippen LogP contribution is -2.40. The SMILES string of the molecule is CCCCC(NC(=O)c1ccc(S(N)(=O)=O)o1)C(=O)O. The highest BCUT2D eigenvalue weighted by molar-refractivity contribution is 7.89. The van der Waals surface area contributed by atoms with Gasteiger partial charge in [0.05, 0.1) is 0 Å². The molecule has 112 valence electrons. The normalized spacial score (nSPS) is 12.9. The average Bonchev–Trinajstić information content (AvgIpc) is 2.83. The van der Waals surface area contributed by atoms with Crippen LogP contribution in [0.1, 0.15) is 36.7 Å². The lowest BCUT2D eigenvalue weighted by molar-refractivity contribution is -0.139. The number of furan rings is 1. The largest absolute Gasteiger partial charge is 0.480 e. The molecular formula is C11H16N2O6S. The minimum absolute atomic E-state index is 0.278. The molecule has 1 rings (SSSR count). The van der Waals surface area contributed by atoms with Crippen molar-refractivity contribution < 1.29 is 27.5 Å². The number of amides is 1. The zero-order valence-corrected chi connectivity index (χ0v) is 11.6. The van der Waals surface area contributed by atoms with Crippen LogP contribution in [0.5, 0.6) is 0 Å². The maximum atomic E-state index is 11.8. The smallest absolute Gasteiger partial charge is 0.326 e. The van der Waals surface area contributed by atoms with Crippen LogP contribution in [0, 0.1) is 0 Å². The van der Waals surface area contributed by atoms with E-state index in [4.69, 9.17) is 14.7 Å². The second kappa shape index (κ2) is 6.53. The van der Waals surface area contributed by atoms with E-state index < -0.39 is 33.0 Å². The van der Waals surface area contributed by atoms with Gasteiger partial charge >= 0.3 is 5.97 Å². The molecule has 1 amide bonds. The van der Waals surface area contributed by atoms with E-state index in [1.807, 2.05) is 6.92 Å². The van der Waals surface area contributed by atoms with Crippen molar-refractivity contribution in [2.24, 2.45) is 5.14 Å². The number of unbranched alkanes of at least 4 members (excludes halogenated alkanes) is 1. The van der Waals surface area contributed by atoms with E-state index in [1.165, 1.54) is 0 Å². The molecule has 1 aromatic rings. The number of hydrogen-bond donors (Lipinski definition) is 3. The zero-order valence-electron chi connectivity index (χ0n) is 10.8. The summed E-state index contributed by atoms with van der Waals surface area (Å²) < 4.78 is 26.8. The van der Waals surface area contributed by atoms with Crippen LogP contribution in [0.2, 0.25) is 0 Å². The number of aliphatic carboxylic acids is 1. The predicted octanol–water partition coefficient (Wildman–Crippen LogP) is 0.300. The minimum atomic E-state index is -4.04. The lowest BCUT2D eigenvalue weighted by Gasteiger charge is -2.12. The molecule has 0 bridgehead atoms. The van der Waals surface area contributed by atoms with Crippen LogP contribution in [-0.4, -0.2) is 31.4 Å². The van der Waals surface area contributed by atoms with Gasteiger partial charge in [-0.3, -0.25) is 4.79 Å². The fourth-order valence-corrected chi connectivity index (χ4v) is 1.95. The Kier molecular flexibility index (Phi) is 5.28. The Morgan fingerprint density at radius 1 is 1.45 bits per heavy atom. The molecule has 0 spiro atoms. The number of carboxylic acids is 1. The van der Waals surface area contributed by atoms with E-state index in [9.17, 15) is 18.0 Å². The van der Waals surface area contributed by atoms with Gasteiger partial charge in [-0.05, 0) is 18.6 Å². The standard InChI is InChI=1S/C11H16N2O6S/c1-2-3-4-7(11(15)16)13-10(14)8-5-6-9(19-8)20(12,17)18/h5-7H,2-4H2,1H3,(H,13,14)(H,15,16)(H2,12,17,18). The molecule has 0 saturated carbocycles. The Hall–Kier alpha value is -1.87. The van der Waals surface area contributed by atoms with Crippen LogP contribution in [0.3, 0.4) is 0 Å². The molecule has 0 aromatic carbocycles. The quantitative estimate of drug-likeness (QED) is 0.662. The van der Waals surface area contributed by atoms with Crippen molar-refractivity contribution in [2.75, 3.05) is 0 Å². The number of nitrogens with one attached hydrogen (secondary N) is 1. The summed E-state index contributed by atoms with van der Waals surface area (Å²) >= 11 is 0. The predicted molar refractivity (Wildman–Crippen MR) is 68.5 cm³/mol. The van der Waals surface area contributed by atoms with E-state index in [1.54, 1.807) is 0 Å². The summed E-state index contributed by atoms with van der Waals surface area (Å²) in [4.78, 5) is 22.7. The third-order valence-electron chi connectivity index (χ3n) is 2.54. The third-order valence-corrected chi connectivity index (χ3v) is 3.32. The zero-order chi connectivity index (χ0) is 15.3. The first-order chi connectivity index (χ1) is 9.25. The van der Waals surface area contributed by atoms with Gasteiger partial charge < -0.3 is 14.8 Å². The van der Waals surface area contributed by atoms with E-state index in [-0.39, 0.29) is 12.2 Å². The van der Waals surface area contributed by atoms with Gasteiger partial charge in [0.25, 0.3) is 15.9 Å². The minimum Gasteiger partial charge on any atom is -0.480 e. The van der Waals surface area contributed by atoms with Gasteiger partial charge in [-0.25, -0.2) is 18.4 Å². The van der Waals surface area contributed by atoms with Crippen LogP contribution in [0.25, 0.3) is 0 Å². The number of rotatable bonds is 7. The van der Waals surface area contributed by atoms with Crippen LogP contribution in [-0.2, 0) is 14.8 Å². The molecule has 0 aliphatic carbocycles. The molecule has 9 heteroatoms. The van der Waals surface area contributed by atoms with Gasteiger partial charge in [0, 0.05) is 0 Å². The first kappa shape index (κ1) is 16.2. The monoisotopic (exact) mass is 304 g/mol. The number of carbonyl (C=O) groups excluding carboxylic acids is 1. The fourth-order valence-electron chi connectivity index (χ4n) is 1.49.